The van der Waals surface area contributed by atoms with Crippen LogP contribution in [-0.4, -0.2) is 23.1 Å². The monoisotopic (exact) mass is 376 g/mol. The van der Waals surface area contributed by atoms with Gasteiger partial charge < -0.3 is 14.9 Å². The number of benzene rings is 3. The Morgan fingerprint density at radius 1 is 0.889 bits per heavy atom. The number of hydrogen-bond acceptors (Lipinski definition) is 5. The molecule has 0 bridgehead atoms. The summed E-state index contributed by atoms with van der Waals surface area (Å²) in [7, 11) is 1.61. The number of carbonyl (C=O) groups excluding carboxylic acids is 1. The maximum absolute atomic E-state index is 13.3. The van der Waals surface area contributed by atoms with Gasteiger partial charge in [-0.3, -0.25) is 4.79 Å². The van der Waals surface area contributed by atoms with E-state index in [-0.39, 0.29) is 17.3 Å². The van der Waals surface area contributed by atoms with Crippen molar-refractivity contribution in [1.82, 2.24) is 0 Å². The van der Waals surface area contributed by atoms with Crippen LogP contribution in [0.4, 0.5) is 0 Å². The molecule has 134 valence electrons. The van der Waals surface area contributed by atoms with Crippen molar-refractivity contribution in [1.29, 1.82) is 0 Å². The van der Waals surface area contributed by atoms with Crippen LogP contribution in [0.2, 0.25) is 0 Å². The summed E-state index contributed by atoms with van der Waals surface area (Å²) in [4.78, 5) is 14.1. The number of thiophene rings is 1. The van der Waals surface area contributed by atoms with E-state index >= 15 is 0 Å². The summed E-state index contributed by atoms with van der Waals surface area (Å²) in [5.41, 5.74) is 1.99. The molecular formula is C22H16O4S. The molecule has 4 aromatic rings. The summed E-state index contributed by atoms with van der Waals surface area (Å²) in [5, 5.41) is 20.1. The first kappa shape index (κ1) is 17.1. The second-order valence-electron chi connectivity index (χ2n) is 6.09. The zero-order valence-corrected chi connectivity index (χ0v) is 15.3. The first-order valence-electron chi connectivity index (χ1n) is 8.30. The number of methoxy groups -OCH3 is 1. The lowest BCUT2D eigenvalue weighted by Gasteiger charge is -2.06. The molecule has 1 heterocycles. The Morgan fingerprint density at radius 3 is 2.22 bits per heavy atom. The van der Waals surface area contributed by atoms with Crippen molar-refractivity contribution < 1.29 is 19.7 Å². The van der Waals surface area contributed by atoms with Crippen LogP contribution in [-0.2, 0) is 0 Å². The molecule has 0 amide bonds. The quantitative estimate of drug-likeness (QED) is 0.479. The van der Waals surface area contributed by atoms with Crippen molar-refractivity contribution in [3.8, 4) is 27.7 Å². The fraction of sp³-hybridized carbons (Fsp3) is 0.0455. The van der Waals surface area contributed by atoms with Crippen LogP contribution < -0.4 is 4.74 Å². The Hall–Kier alpha value is -3.31. The zero-order chi connectivity index (χ0) is 19.0. The molecule has 2 N–H and O–H groups in total. The topological polar surface area (TPSA) is 66.8 Å². The number of hydrogen-bond donors (Lipinski definition) is 2. The van der Waals surface area contributed by atoms with Crippen LogP contribution in [0.25, 0.3) is 20.5 Å². The summed E-state index contributed by atoms with van der Waals surface area (Å²) < 4.78 is 6.05. The average molecular weight is 376 g/mol. The third kappa shape index (κ3) is 3.13. The maximum atomic E-state index is 13.3. The van der Waals surface area contributed by atoms with Gasteiger partial charge in [0.1, 0.15) is 17.2 Å². The van der Waals surface area contributed by atoms with Gasteiger partial charge in [0.2, 0.25) is 0 Å². The molecule has 0 radical (unpaired) electrons. The van der Waals surface area contributed by atoms with E-state index in [2.05, 4.69) is 0 Å². The van der Waals surface area contributed by atoms with E-state index in [1.54, 1.807) is 37.4 Å². The van der Waals surface area contributed by atoms with E-state index in [4.69, 9.17) is 4.74 Å². The van der Waals surface area contributed by atoms with Gasteiger partial charge >= 0.3 is 0 Å². The maximum Gasteiger partial charge on any atom is 0.195 e. The largest absolute Gasteiger partial charge is 0.508 e. The van der Waals surface area contributed by atoms with Crippen molar-refractivity contribution in [2.75, 3.05) is 7.11 Å². The summed E-state index contributed by atoms with van der Waals surface area (Å²) in [5.74, 6) is 0.886. The van der Waals surface area contributed by atoms with E-state index in [1.165, 1.54) is 23.5 Å². The fourth-order valence-electron chi connectivity index (χ4n) is 3.01. The van der Waals surface area contributed by atoms with Gasteiger partial charge in [-0.05, 0) is 72.3 Å². The van der Waals surface area contributed by atoms with Crippen molar-refractivity contribution in [2.24, 2.45) is 0 Å². The lowest BCUT2D eigenvalue weighted by atomic mass is 9.97. The van der Waals surface area contributed by atoms with Crippen molar-refractivity contribution >= 4 is 27.2 Å². The Balaban J connectivity index is 1.93. The highest BCUT2D eigenvalue weighted by Crippen LogP contribution is 2.41. The van der Waals surface area contributed by atoms with Gasteiger partial charge in [0, 0.05) is 26.1 Å². The van der Waals surface area contributed by atoms with Gasteiger partial charge in [0.15, 0.2) is 5.78 Å². The highest BCUT2D eigenvalue weighted by Gasteiger charge is 2.21. The SMILES string of the molecule is COc1ccc(-c2sc3cc(O)ccc3c2C(=O)c2ccc(O)cc2)cc1. The molecular weight excluding hydrogens is 360 g/mol. The number of phenolic OH excluding ortho intramolecular Hbond substituents is 2. The van der Waals surface area contributed by atoms with Crippen LogP contribution >= 0.6 is 11.3 Å². The van der Waals surface area contributed by atoms with Crippen LogP contribution in [0.3, 0.4) is 0 Å². The molecule has 0 fully saturated rings. The molecule has 0 aliphatic heterocycles. The predicted molar refractivity (Wildman–Crippen MR) is 107 cm³/mol. The van der Waals surface area contributed by atoms with Crippen LogP contribution in [0.15, 0.2) is 66.7 Å². The van der Waals surface area contributed by atoms with E-state index in [9.17, 15) is 15.0 Å². The summed E-state index contributed by atoms with van der Waals surface area (Å²) >= 11 is 1.46. The Morgan fingerprint density at radius 2 is 1.56 bits per heavy atom. The van der Waals surface area contributed by atoms with E-state index in [1.807, 2.05) is 24.3 Å². The molecule has 27 heavy (non-hydrogen) atoms. The molecule has 0 saturated heterocycles. The normalized spacial score (nSPS) is 10.9. The Bertz CT molecular complexity index is 1130. The van der Waals surface area contributed by atoms with Gasteiger partial charge in [-0.25, -0.2) is 0 Å². The predicted octanol–water partition coefficient (Wildman–Crippen LogP) is 5.22. The molecule has 5 heteroatoms. The van der Waals surface area contributed by atoms with Gasteiger partial charge in [-0.15, -0.1) is 11.3 Å². The van der Waals surface area contributed by atoms with Gasteiger partial charge in [-0.2, -0.15) is 0 Å². The zero-order valence-electron chi connectivity index (χ0n) is 14.5. The van der Waals surface area contributed by atoms with Crippen molar-refractivity contribution in [2.45, 2.75) is 0 Å². The second-order valence-corrected chi connectivity index (χ2v) is 7.14. The van der Waals surface area contributed by atoms with Crippen LogP contribution in [0.1, 0.15) is 15.9 Å². The molecule has 1 aromatic heterocycles. The van der Waals surface area contributed by atoms with E-state index < -0.39 is 0 Å². The molecule has 0 spiro atoms. The number of ketones is 1. The molecule has 0 aliphatic carbocycles. The summed E-state index contributed by atoms with van der Waals surface area (Å²) in [6.07, 6.45) is 0. The average Bonchev–Trinajstić information content (AvgIpc) is 3.06. The third-order valence-corrected chi connectivity index (χ3v) is 5.58. The number of ether oxygens (including phenoxy) is 1. The van der Waals surface area contributed by atoms with Gasteiger partial charge in [0.25, 0.3) is 0 Å². The first-order valence-corrected chi connectivity index (χ1v) is 9.12. The minimum Gasteiger partial charge on any atom is -0.508 e. The van der Waals surface area contributed by atoms with Crippen LogP contribution in [0.5, 0.6) is 17.2 Å². The fourth-order valence-corrected chi connectivity index (χ4v) is 4.25. The Kier molecular flexibility index (Phi) is 4.30. The molecule has 0 saturated carbocycles. The molecule has 3 aromatic carbocycles. The smallest absolute Gasteiger partial charge is 0.195 e. The molecule has 4 nitrogen and oxygen atoms in total. The molecule has 0 atom stereocenters. The number of fused-ring (bicyclic) bond motifs is 1. The minimum atomic E-state index is -0.127. The highest BCUT2D eigenvalue weighted by atomic mass is 32.1. The highest BCUT2D eigenvalue weighted by molar-refractivity contribution is 7.22. The number of phenols is 2. The minimum absolute atomic E-state index is 0.113. The van der Waals surface area contributed by atoms with Crippen molar-refractivity contribution in [3.05, 3.63) is 77.9 Å². The summed E-state index contributed by atoms with van der Waals surface area (Å²) in [6.45, 7) is 0. The van der Waals surface area contributed by atoms with Crippen LogP contribution in [0, 0.1) is 0 Å². The lowest BCUT2D eigenvalue weighted by molar-refractivity contribution is 0.104. The van der Waals surface area contributed by atoms with Gasteiger partial charge in [0.05, 0.1) is 7.11 Å². The van der Waals surface area contributed by atoms with E-state index in [0.717, 1.165) is 26.3 Å². The lowest BCUT2D eigenvalue weighted by Crippen LogP contribution is -2.01. The van der Waals surface area contributed by atoms with E-state index in [0.29, 0.717) is 11.1 Å². The molecule has 0 unspecified atom stereocenters. The first-order chi connectivity index (χ1) is 13.1. The number of carbonyl (C=O) groups is 1. The number of rotatable bonds is 4. The second kappa shape index (κ2) is 6.78. The number of aromatic hydroxyl groups is 2. The van der Waals surface area contributed by atoms with Crippen molar-refractivity contribution in [3.63, 3.8) is 0 Å². The summed E-state index contributed by atoms with van der Waals surface area (Å²) in [6, 6.07) is 18.8. The van der Waals surface area contributed by atoms with Gasteiger partial charge in [-0.1, -0.05) is 0 Å². The molecule has 0 aliphatic rings. The third-order valence-electron chi connectivity index (χ3n) is 4.38. The molecule has 4 rings (SSSR count). The Labute approximate surface area is 159 Å². The standard InChI is InChI=1S/C22H16O4S/c1-26-17-9-4-14(5-10-17)22-20(18-11-8-16(24)12-19(18)27-22)21(25)13-2-6-15(23)7-3-13/h2-12,23-24H,1H3.